The van der Waals surface area contributed by atoms with Gasteiger partial charge in [0.15, 0.2) is 0 Å². The Labute approximate surface area is 377 Å². The monoisotopic (exact) mass is 822 g/mol. The molecule has 0 saturated heterocycles. The normalized spacial score (nSPS) is 15.3. The van der Waals surface area contributed by atoms with Gasteiger partial charge in [0.25, 0.3) is 0 Å². The number of aromatic nitrogens is 1. The summed E-state index contributed by atoms with van der Waals surface area (Å²) in [5.74, 6) is 0. The fraction of sp³-hybridized carbons (Fsp3) is 0.0968. The maximum absolute atomic E-state index is 2.48. The van der Waals surface area contributed by atoms with Crippen molar-refractivity contribution >= 4 is 34.0 Å². The Hall–Kier alpha value is -7.68. The Bertz CT molecular complexity index is 3220. The van der Waals surface area contributed by atoms with Crippen molar-refractivity contribution in [3.05, 3.63) is 258 Å². The molecule has 0 amide bonds. The number of benzene rings is 8. The van der Waals surface area contributed by atoms with Crippen molar-refractivity contribution in [2.45, 2.75) is 38.5 Å². The molecule has 8 aromatic carbocycles. The summed E-state index contributed by atoms with van der Waals surface area (Å²) in [6, 6.07) is 73.9. The van der Waals surface area contributed by atoms with Crippen LogP contribution in [-0.4, -0.2) is 4.57 Å². The summed E-state index contributed by atoms with van der Waals surface area (Å²) in [5, 5.41) is 1.27. The Morgan fingerprint density at radius 2 is 1.14 bits per heavy atom. The largest absolute Gasteiger partial charge is 0.310 e. The second kappa shape index (κ2) is 16.5. The van der Waals surface area contributed by atoms with Gasteiger partial charge in [0.1, 0.15) is 0 Å². The lowest BCUT2D eigenvalue weighted by molar-refractivity contribution is 0.751. The molecule has 308 valence electrons. The van der Waals surface area contributed by atoms with Crippen molar-refractivity contribution < 1.29 is 0 Å². The van der Waals surface area contributed by atoms with Gasteiger partial charge >= 0.3 is 0 Å². The first kappa shape index (κ1) is 39.2. The average molecular weight is 823 g/mol. The maximum Gasteiger partial charge on any atom is 0.0711 e. The SMILES string of the molecule is CC/C=C\c1c(C)c2cc(-c3ccc(N(c4ccc(-c5ccccc5)cc4)c4ccc5c(c4)C(C4=CCCC=C4)(c4ccccc4)c4ccccc4-5)cc3)ccc2n1-c1ccccc1. The van der Waals surface area contributed by atoms with E-state index in [4.69, 9.17) is 0 Å². The van der Waals surface area contributed by atoms with Gasteiger partial charge in [-0.3, -0.25) is 0 Å². The third-order valence-electron chi connectivity index (χ3n) is 13.4. The molecule has 0 bridgehead atoms. The van der Waals surface area contributed by atoms with Gasteiger partial charge in [-0.15, -0.1) is 0 Å². The Morgan fingerprint density at radius 1 is 0.547 bits per heavy atom. The van der Waals surface area contributed by atoms with Crippen LogP contribution in [0.15, 0.2) is 230 Å². The second-order valence-corrected chi connectivity index (χ2v) is 17.0. The van der Waals surface area contributed by atoms with Gasteiger partial charge < -0.3 is 9.47 Å². The van der Waals surface area contributed by atoms with Crippen LogP contribution in [0, 0.1) is 6.92 Å². The Kier molecular flexibility index (Phi) is 10.1. The lowest BCUT2D eigenvalue weighted by Crippen LogP contribution is -2.29. The van der Waals surface area contributed by atoms with Gasteiger partial charge in [-0.25, -0.2) is 0 Å². The molecule has 11 rings (SSSR count). The highest BCUT2D eigenvalue weighted by Crippen LogP contribution is 2.58. The fourth-order valence-electron chi connectivity index (χ4n) is 10.4. The van der Waals surface area contributed by atoms with Crippen LogP contribution < -0.4 is 4.90 Å². The predicted octanol–water partition coefficient (Wildman–Crippen LogP) is 16.8. The van der Waals surface area contributed by atoms with Gasteiger partial charge in [-0.05, 0) is 154 Å². The minimum Gasteiger partial charge on any atom is -0.310 e. The number of allylic oxidation sites excluding steroid dienone is 5. The first-order valence-corrected chi connectivity index (χ1v) is 22.7. The van der Waals surface area contributed by atoms with Crippen LogP contribution in [0.2, 0.25) is 0 Å². The number of fused-ring (bicyclic) bond motifs is 4. The van der Waals surface area contributed by atoms with E-state index >= 15 is 0 Å². The van der Waals surface area contributed by atoms with Crippen LogP contribution in [0.1, 0.15) is 54.1 Å². The quantitative estimate of drug-likeness (QED) is 0.133. The third-order valence-corrected chi connectivity index (χ3v) is 13.4. The minimum atomic E-state index is -0.449. The summed E-state index contributed by atoms with van der Waals surface area (Å²) < 4.78 is 2.40. The van der Waals surface area contributed by atoms with E-state index in [0.717, 1.165) is 36.3 Å². The molecule has 1 aromatic heterocycles. The van der Waals surface area contributed by atoms with Crippen molar-refractivity contribution in [3.63, 3.8) is 0 Å². The molecular formula is C62H50N2. The molecule has 2 aliphatic carbocycles. The topological polar surface area (TPSA) is 8.17 Å². The molecule has 1 unspecified atom stereocenters. The minimum absolute atomic E-state index is 0.449. The van der Waals surface area contributed by atoms with Crippen molar-refractivity contribution in [1.82, 2.24) is 4.57 Å². The van der Waals surface area contributed by atoms with Crippen LogP contribution in [0.25, 0.3) is 56.0 Å². The summed E-state index contributed by atoms with van der Waals surface area (Å²) in [6.45, 7) is 4.45. The van der Waals surface area contributed by atoms with Crippen molar-refractivity contribution in [1.29, 1.82) is 0 Å². The van der Waals surface area contributed by atoms with Gasteiger partial charge in [-0.2, -0.15) is 0 Å². The van der Waals surface area contributed by atoms with Crippen LogP contribution in [0.4, 0.5) is 17.1 Å². The molecule has 1 heterocycles. The molecule has 0 radical (unpaired) electrons. The highest BCUT2D eigenvalue weighted by molar-refractivity contribution is 5.94. The van der Waals surface area contributed by atoms with Crippen LogP contribution >= 0.6 is 0 Å². The molecule has 64 heavy (non-hydrogen) atoms. The zero-order chi connectivity index (χ0) is 43.0. The number of nitrogens with zero attached hydrogens (tertiary/aromatic N) is 2. The van der Waals surface area contributed by atoms with E-state index < -0.39 is 5.41 Å². The number of anilines is 3. The lowest BCUT2D eigenvalue weighted by Gasteiger charge is -2.36. The van der Waals surface area contributed by atoms with E-state index in [1.54, 1.807) is 0 Å². The molecule has 9 aromatic rings. The molecule has 2 aliphatic rings. The van der Waals surface area contributed by atoms with E-state index in [9.17, 15) is 0 Å². The van der Waals surface area contributed by atoms with Crippen LogP contribution in [0.5, 0.6) is 0 Å². The first-order chi connectivity index (χ1) is 31.6. The molecule has 0 aliphatic heterocycles. The number of hydrogen-bond donors (Lipinski definition) is 0. The van der Waals surface area contributed by atoms with Crippen LogP contribution in [0.3, 0.4) is 0 Å². The van der Waals surface area contributed by atoms with Crippen molar-refractivity contribution in [2.75, 3.05) is 4.90 Å². The standard InChI is InChI=1S/C62H50N2/c1-3-4-29-60-44(2)57-42-48(34-41-61(57)64(60)51-25-15-8-16-26-51)47-32-37-53(38-33-47)63(52-35-30-46(31-36-52)45-19-9-5-10-20-45)54-39-40-56-55-27-17-18-28-58(55)62(59(56)43-54,49-21-11-6-12-22-49)50-23-13-7-14-24-50/h4-6,8-13,15-43H,3,7,14H2,1-2H3/b29-4-. The van der Waals surface area contributed by atoms with E-state index in [1.807, 2.05) is 0 Å². The molecule has 2 heteroatoms. The number of rotatable bonds is 10. The van der Waals surface area contributed by atoms with Crippen molar-refractivity contribution in [2.24, 2.45) is 0 Å². The third kappa shape index (κ3) is 6.57. The van der Waals surface area contributed by atoms with E-state index in [-0.39, 0.29) is 0 Å². The van der Waals surface area contributed by atoms with Gasteiger partial charge in [0.2, 0.25) is 0 Å². The molecule has 0 spiro atoms. The van der Waals surface area contributed by atoms with Crippen molar-refractivity contribution in [3.8, 4) is 39.1 Å². The predicted molar refractivity (Wildman–Crippen MR) is 271 cm³/mol. The zero-order valence-electron chi connectivity index (χ0n) is 36.5. The Balaban J connectivity index is 1.05. The van der Waals surface area contributed by atoms with Gasteiger partial charge in [0, 0.05) is 33.8 Å². The molecule has 0 saturated carbocycles. The van der Waals surface area contributed by atoms with E-state index in [0.29, 0.717) is 0 Å². The summed E-state index contributed by atoms with van der Waals surface area (Å²) in [6.07, 6.45) is 14.8. The molecule has 0 N–H and O–H groups in total. The summed E-state index contributed by atoms with van der Waals surface area (Å²) in [7, 11) is 0. The number of para-hydroxylation sites is 1. The Morgan fingerprint density at radius 3 is 1.83 bits per heavy atom. The molecule has 2 nitrogen and oxygen atoms in total. The highest BCUT2D eigenvalue weighted by atomic mass is 15.1. The van der Waals surface area contributed by atoms with Crippen LogP contribution in [-0.2, 0) is 5.41 Å². The molecule has 1 atom stereocenters. The maximum atomic E-state index is 2.48. The van der Waals surface area contributed by atoms with Gasteiger partial charge in [-0.1, -0.05) is 171 Å². The van der Waals surface area contributed by atoms with Gasteiger partial charge in [0.05, 0.1) is 10.9 Å². The summed E-state index contributed by atoms with van der Waals surface area (Å²) in [5.41, 5.74) is 20.5. The summed E-state index contributed by atoms with van der Waals surface area (Å²) in [4.78, 5) is 2.43. The average Bonchev–Trinajstić information content (AvgIpc) is 3.82. The summed E-state index contributed by atoms with van der Waals surface area (Å²) >= 11 is 0. The zero-order valence-corrected chi connectivity index (χ0v) is 36.5. The number of hydrogen-bond acceptors (Lipinski definition) is 1. The van der Waals surface area contributed by atoms with E-state index in [2.05, 4.69) is 254 Å². The lowest BCUT2D eigenvalue weighted by atomic mass is 9.66. The smallest absolute Gasteiger partial charge is 0.0711 e. The molecular weight excluding hydrogens is 773 g/mol. The first-order valence-electron chi connectivity index (χ1n) is 22.7. The number of aryl methyl sites for hydroxylation is 1. The highest BCUT2D eigenvalue weighted by Gasteiger charge is 2.47. The molecule has 0 fully saturated rings. The van der Waals surface area contributed by atoms with E-state index in [1.165, 1.54) is 83.5 Å². The second-order valence-electron chi connectivity index (χ2n) is 17.0. The fourth-order valence-corrected chi connectivity index (χ4v) is 10.4.